The van der Waals surface area contributed by atoms with Crippen molar-refractivity contribution in [2.24, 2.45) is 5.92 Å². The van der Waals surface area contributed by atoms with Gasteiger partial charge in [-0.25, -0.2) is 0 Å². The normalized spacial score (nSPS) is 18.0. The topological polar surface area (TPSA) is 66.8 Å². The molecule has 1 N–H and O–H groups in total. The maximum atomic E-state index is 12.5. The fourth-order valence-corrected chi connectivity index (χ4v) is 3.14. The number of benzene rings is 1. The van der Waals surface area contributed by atoms with Gasteiger partial charge in [-0.1, -0.05) is 24.3 Å². The van der Waals surface area contributed by atoms with E-state index in [1.54, 1.807) is 7.11 Å². The monoisotopic (exact) mass is 319 g/mol. The van der Waals surface area contributed by atoms with Crippen LogP contribution in [-0.4, -0.2) is 42.1 Å². The maximum absolute atomic E-state index is 12.5. The molecule has 1 atom stereocenters. The lowest BCUT2D eigenvalue weighted by molar-refractivity contribution is -0.137. The average molecular weight is 319 g/mol. The zero-order valence-corrected chi connectivity index (χ0v) is 13.7. The highest BCUT2D eigenvalue weighted by Gasteiger charge is 2.24. The predicted octanol–water partition coefficient (Wildman–Crippen LogP) is 2.48. The second-order valence-electron chi connectivity index (χ2n) is 6.21. The summed E-state index contributed by atoms with van der Waals surface area (Å²) in [7, 11) is 1.66. The van der Waals surface area contributed by atoms with Crippen molar-refractivity contribution in [3.63, 3.8) is 0 Å². The minimum absolute atomic E-state index is 0.125. The molecule has 23 heavy (non-hydrogen) atoms. The number of nitrogens with zero attached hydrogens (tertiary/aromatic N) is 1. The molecular weight excluding hydrogens is 294 g/mol. The molecule has 2 rings (SSSR count). The summed E-state index contributed by atoms with van der Waals surface area (Å²) >= 11 is 0. The van der Waals surface area contributed by atoms with Gasteiger partial charge in [-0.3, -0.25) is 9.59 Å². The highest BCUT2D eigenvalue weighted by Crippen LogP contribution is 2.22. The first-order chi connectivity index (χ1) is 11.1. The molecule has 1 unspecified atom stereocenters. The summed E-state index contributed by atoms with van der Waals surface area (Å²) in [6, 6.07) is 7.90. The van der Waals surface area contributed by atoms with Gasteiger partial charge in [0, 0.05) is 26.6 Å². The number of ether oxygens (including phenoxy) is 1. The maximum Gasteiger partial charge on any atom is 0.303 e. The molecule has 5 nitrogen and oxygen atoms in total. The SMILES string of the molecule is COCc1cccc(CC(=O)N2CCCC(CCC(=O)O)C2)c1. The third kappa shape index (κ3) is 5.67. The smallest absolute Gasteiger partial charge is 0.303 e. The minimum atomic E-state index is -0.761. The molecule has 126 valence electrons. The van der Waals surface area contributed by atoms with E-state index in [0.29, 0.717) is 31.9 Å². The van der Waals surface area contributed by atoms with Crippen molar-refractivity contribution in [2.75, 3.05) is 20.2 Å². The molecular formula is C18H25NO4. The molecule has 1 saturated heterocycles. The molecule has 1 aromatic rings. The van der Waals surface area contributed by atoms with Crippen LogP contribution in [0.3, 0.4) is 0 Å². The van der Waals surface area contributed by atoms with Crippen LogP contribution in [-0.2, 0) is 27.4 Å². The lowest BCUT2D eigenvalue weighted by Gasteiger charge is -2.32. The standard InChI is InChI=1S/C18H25NO4/c1-23-13-16-5-2-4-15(10-16)11-17(20)19-9-3-6-14(12-19)7-8-18(21)22/h2,4-5,10,14H,3,6-9,11-13H2,1H3,(H,21,22). The highest BCUT2D eigenvalue weighted by atomic mass is 16.5. The van der Waals surface area contributed by atoms with Gasteiger partial charge in [0.05, 0.1) is 13.0 Å². The molecule has 0 saturated carbocycles. The summed E-state index contributed by atoms with van der Waals surface area (Å²) in [5, 5.41) is 8.79. The number of piperidine rings is 1. The summed E-state index contributed by atoms with van der Waals surface area (Å²) in [6.07, 6.45) is 3.21. The molecule has 1 heterocycles. The van der Waals surface area contributed by atoms with E-state index in [4.69, 9.17) is 9.84 Å². The van der Waals surface area contributed by atoms with Gasteiger partial charge >= 0.3 is 5.97 Å². The number of carboxylic acids is 1. The van der Waals surface area contributed by atoms with Gasteiger partial charge in [-0.15, -0.1) is 0 Å². The molecule has 0 aromatic heterocycles. The first-order valence-electron chi connectivity index (χ1n) is 8.15. The summed E-state index contributed by atoms with van der Waals surface area (Å²) in [4.78, 5) is 25.1. The fraction of sp³-hybridized carbons (Fsp3) is 0.556. The summed E-state index contributed by atoms with van der Waals surface area (Å²) in [5.41, 5.74) is 2.06. The Bertz CT molecular complexity index is 544. The van der Waals surface area contributed by atoms with Gasteiger partial charge in [-0.2, -0.15) is 0 Å². The van der Waals surface area contributed by atoms with Crippen molar-refractivity contribution in [3.05, 3.63) is 35.4 Å². The van der Waals surface area contributed by atoms with E-state index in [-0.39, 0.29) is 12.3 Å². The van der Waals surface area contributed by atoms with Crippen molar-refractivity contribution in [2.45, 2.75) is 38.7 Å². The van der Waals surface area contributed by atoms with E-state index in [1.165, 1.54) is 0 Å². The van der Waals surface area contributed by atoms with Crippen molar-refractivity contribution in [1.29, 1.82) is 0 Å². The van der Waals surface area contributed by atoms with Crippen LogP contribution >= 0.6 is 0 Å². The Morgan fingerprint density at radius 2 is 2.13 bits per heavy atom. The lowest BCUT2D eigenvalue weighted by Crippen LogP contribution is -2.40. The molecule has 0 spiro atoms. The zero-order valence-electron chi connectivity index (χ0n) is 13.7. The van der Waals surface area contributed by atoms with E-state index >= 15 is 0 Å². The van der Waals surface area contributed by atoms with E-state index < -0.39 is 5.97 Å². The number of carbonyl (C=O) groups excluding carboxylic acids is 1. The van der Waals surface area contributed by atoms with Crippen LogP contribution in [0.25, 0.3) is 0 Å². The van der Waals surface area contributed by atoms with Gasteiger partial charge in [0.1, 0.15) is 0 Å². The Kier molecular flexibility index (Phi) is 6.59. The zero-order chi connectivity index (χ0) is 16.7. The number of methoxy groups -OCH3 is 1. The Labute approximate surface area is 137 Å². The van der Waals surface area contributed by atoms with Crippen LogP contribution < -0.4 is 0 Å². The van der Waals surface area contributed by atoms with Crippen molar-refractivity contribution in [1.82, 2.24) is 4.90 Å². The molecule has 1 aromatic carbocycles. The molecule has 0 radical (unpaired) electrons. The number of amides is 1. The summed E-state index contributed by atoms with van der Waals surface area (Å²) < 4.78 is 5.12. The quantitative estimate of drug-likeness (QED) is 0.838. The predicted molar refractivity (Wildman–Crippen MR) is 87.0 cm³/mol. The second kappa shape index (κ2) is 8.67. The van der Waals surface area contributed by atoms with Crippen LogP contribution in [0.15, 0.2) is 24.3 Å². The first-order valence-corrected chi connectivity index (χ1v) is 8.15. The van der Waals surface area contributed by atoms with Crippen LogP contribution in [0.2, 0.25) is 0 Å². The number of carbonyl (C=O) groups is 2. The van der Waals surface area contributed by atoms with Crippen molar-refractivity contribution in [3.8, 4) is 0 Å². The van der Waals surface area contributed by atoms with Crippen molar-refractivity contribution < 1.29 is 19.4 Å². The summed E-state index contributed by atoms with van der Waals surface area (Å²) in [5.74, 6) is -0.327. The summed E-state index contributed by atoms with van der Waals surface area (Å²) in [6.45, 7) is 2.01. The largest absolute Gasteiger partial charge is 0.481 e. The highest BCUT2D eigenvalue weighted by molar-refractivity contribution is 5.79. The average Bonchev–Trinajstić information content (AvgIpc) is 2.54. The first kappa shape index (κ1) is 17.5. The number of hydrogen-bond acceptors (Lipinski definition) is 3. The van der Waals surface area contributed by atoms with E-state index in [2.05, 4.69) is 0 Å². The van der Waals surface area contributed by atoms with Crippen LogP contribution in [0.5, 0.6) is 0 Å². The number of carboxylic acid groups (broad SMARTS) is 1. The van der Waals surface area contributed by atoms with Crippen LogP contribution in [0.4, 0.5) is 0 Å². The lowest BCUT2D eigenvalue weighted by atomic mass is 9.93. The van der Waals surface area contributed by atoms with E-state index in [9.17, 15) is 9.59 Å². The molecule has 1 aliphatic rings. The molecule has 5 heteroatoms. The number of hydrogen-bond donors (Lipinski definition) is 1. The Balaban J connectivity index is 1.89. The molecule has 1 aliphatic heterocycles. The fourth-order valence-electron chi connectivity index (χ4n) is 3.14. The van der Waals surface area contributed by atoms with Gasteiger partial charge in [0.25, 0.3) is 0 Å². The molecule has 1 fully saturated rings. The van der Waals surface area contributed by atoms with Crippen LogP contribution in [0.1, 0.15) is 36.8 Å². The third-order valence-electron chi connectivity index (χ3n) is 4.30. The third-order valence-corrected chi connectivity index (χ3v) is 4.30. The van der Waals surface area contributed by atoms with E-state index in [1.807, 2.05) is 29.2 Å². The Morgan fingerprint density at radius 1 is 1.35 bits per heavy atom. The van der Waals surface area contributed by atoms with Crippen LogP contribution in [0, 0.1) is 5.92 Å². The molecule has 1 amide bonds. The van der Waals surface area contributed by atoms with Gasteiger partial charge in [0.15, 0.2) is 0 Å². The minimum Gasteiger partial charge on any atom is -0.481 e. The van der Waals surface area contributed by atoms with Gasteiger partial charge in [0.2, 0.25) is 5.91 Å². The number of aliphatic carboxylic acids is 1. The van der Waals surface area contributed by atoms with E-state index in [0.717, 1.165) is 30.5 Å². The molecule has 0 aliphatic carbocycles. The van der Waals surface area contributed by atoms with Crippen molar-refractivity contribution >= 4 is 11.9 Å². The van der Waals surface area contributed by atoms with Gasteiger partial charge in [-0.05, 0) is 36.3 Å². The number of likely N-dealkylation sites (tertiary alicyclic amines) is 1. The number of rotatable bonds is 7. The Hall–Kier alpha value is -1.88. The van der Waals surface area contributed by atoms with Gasteiger partial charge < -0.3 is 14.7 Å². The second-order valence-corrected chi connectivity index (χ2v) is 6.21. The Morgan fingerprint density at radius 3 is 2.87 bits per heavy atom. The molecule has 0 bridgehead atoms.